The Morgan fingerprint density at radius 3 is 2.29 bits per heavy atom. The number of benzene rings is 2. The second-order valence-electron chi connectivity index (χ2n) is 4.07. The van der Waals surface area contributed by atoms with Crippen LogP contribution in [0.15, 0.2) is 36.4 Å². The molecule has 0 spiro atoms. The number of phenols is 1. The summed E-state index contributed by atoms with van der Waals surface area (Å²) >= 11 is 12.1. The van der Waals surface area contributed by atoms with Crippen molar-refractivity contribution in [1.29, 1.82) is 0 Å². The van der Waals surface area contributed by atoms with Crippen LogP contribution in [0.1, 0.15) is 5.56 Å². The van der Waals surface area contributed by atoms with Crippen LogP contribution in [0, 0.1) is 0 Å². The van der Waals surface area contributed by atoms with E-state index in [1.807, 2.05) is 0 Å². The van der Waals surface area contributed by atoms with Crippen molar-refractivity contribution < 1.29 is 44.6 Å². The summed E-state index contributed by atoms with van der Waals surface area (Å²) in [7, 11) is 0. The molecular formula is C14H10Cl2NNaO3. The minimum Gasteiger partial charge on any atom is -0.550 e. The number of nitrogens with one attached hydrogen (secondary N) is 1. The van der Waals surface area contributed by atoms with Gasteiger partial charge >= 0.3 is 29.6 Å². The fourth-order valence-corrected chi connectivity index (χ4v) is 2.27. The van der Waals surface area contributed by atoms with Gasteiger partial charge in [-0.3, -0.25) is 0 Å². The molecule has 0 heterocycles. The average molecular weight is 334 g/mol. The van der Waals surface area contributed by atoms with Crippen LogP contribution < -0.4 is 40.0 Å². The third kappa shape index (κ3) is 4.53. The van der Waals surface area contributed by atoms with E-state index in [-0.39, 0.29) is 40.9 Å². The molecule has 2 aromatic carbocycles. The van der Waals surface area contributed by atoms with Crippen LogP contribution >= 0.6 is 23.2 Å². The van der Waals surface area contributed by atoms with Crippen LogP contribution in [0.2, 0.25) is 10.0 Å². The number of aliphatic carboxylic acids is 1. The number of anilines is 2. The molecule has 0 aliphatic rings. The van der Waals surface area contributed by atoms with E-state index in [0.717, 1.165) is 0 Å². The number of aromatic hydroxyl groups is 1. The van der Waals surface area contributed by atoms with Gasteiger partial charge in [0.25, 0.3) is 0 Å². The maximum atomic E-state index is 10.8. The van der Waals surface area contributed by atoms with Crippen molar-refractivity contribution in [2.45, 2.75) is 6.42 Å². The molecule has 0 aliphatic carbocycles. The molecule has 4 nitrogen and oxygen atoms in total. The number of carboxylic acid groups (broad SMARTS) is 1. The Labute approximate surface area is 154 Å². The van der Waals surface area contributed by atoms with Crippen molar-refractivity contribution in [3.8, 4) is 5.75 Å². The number of hydrogen-bond acceptors (Lipinski definition) is 4. The molecule has 0 aliphatic heterocycles. The monoisotopic (exact) mass is 333 g/mol. The van der Waals surface area contributed by atoms with Crippen molar-refractivity contribution in [1.82, 2.24) is 0 Å². The Bertz CT molecular complexity index is 644. The van der Waals surface area contributed by atoms with Crippen LogP contribution in [0.25, 0.3) is 0 Å². The van der Waals surface area contributed by atoms with Gasteiger partial charge in [0.15, 0.2) is 0 Å². The van der Waals surface area contributed by atoms with E-state index in [9.17, 15) is 15.0 Å². The number of para-hydroxylation sites is 1. The van der Waals surface area contributed by atoms with E-state index in [2.05, 4.69) is 5.32 Å². The SMILES string of the molecule is O=C([O-])Cc1c(O)cccc1Nc1c(Cl)cccc1Cl.[Na+]. The number of carbonyl (C=O) groups is 1. The summed E-state index contributed by atoms with van der Waals surface area (Å²) in [4.78, 5) is 10.8. The minimum atomic E-state index is -1.29. The Hall–Kier alpha value is -0.910. The molecule has 0 atom stereocenters. The maximum Gasteiger partial charge on any atom is 1.00 e. The molecule has 0 bridgehead atoms. The standard InChI is InChI=1S/C14H11Cl2NO3.Na/c15-9-3-1-4-10(16)14(9)17-11-5-2-6-12(18)8(11)7-13(19)20;/h1-6,17-18H,7H2,(H,19,20);/q;+1/p-1. The van der Waals surface area contributed by atoms with Crippen molar-refractivity contribution in [2.24, 2.45) is 0 Å². The number of rotatable bonds is 4. The van der Waals surface area contributed by atoms with Crippen LogP contribution in [0.4, 0.5) is 11.4 Å². The van der Waals surface area contributed by atoms with Gasteiger partial charge in [0, 0.05) is 23.6 Å². The summed E-state index contributed by atoms with van der Waals surface area (Å²) < 4.78 is 0. The summed E-state index contributed by atoms with van der Waals surface area (Å²) in [5, 5.41) is 24.2. The third-order valence-electron chi connectivity index (χ3n) is 2.69. The van der Waals surface area contributed by atoms with Gasteiger partial charge < -0.3 is 20.3 Å². The van der Waals surface area contributed by atoms with Gasteiger partial charge in [0.1, 0.15) is 5.75 Å². The first-order valence-corrected chi connectivity index (χ1v) is 6.46. The summed E-state index contributed by atoms with van der Waals surface area (Å²) in [5.74, 6) is -1.43. The average Bonchev–Trinajstić information content (AvgIpc) is 2.37. The number of carboxylic acids is 1. The smallest absolute Gasteiger partial charge is 0.550 e. The van der Waals surface area contributed by atoms with Gasteiger partial charge in [0.2, 0.25) is 0 Å². The van der Waals surface area contributed by atoms with Crippen molar-refractivity contribution >= 4 is 40.5 Å². The van der Waals surface area contributed by atoms with Gasteiger partial charge in [-0.05, 0) is 24.3 Å². The van der Waals surface area contributed by atoms with Gasteiger partial charge in [0.05, 0.1) is 15.7 Å². The maximum absolute atomic E-state index is 10.8. The predicted molar refractivity (Wildman–Crippen MR) is 76.6 cm³/mol. The molecule has 21 heavy (non-hydrogen) atoms. The van der Waals surface area contributed by atoms with E-state index in [1.165, 1.54) is 6.07 Å². The molecule has 0 radical (unpaired) electrons. The molecule has 2 rings (SSSR count). The quantitative estimate of drug-likeness (QED) is 0.756. The van der Waals surface area contributed by atoms with E-state index in [4.69, 9.17) is 23.2 Å². The zero-order valence-corrected chi connectivity index (χ0v) is 14.7. The number of carbonyl (C=O) groups excluding carboxylic acids is 1. The first-order valence-electron chi connectivity index (χ1n) is 5.70. The molecule has 2 aromatic rings. The second kappa shape index (κ2) is 7.92. The molecule has 0 unspecified atom stereocenters. The molecular weight excluding hydrogens is 324 g/mol. The molecule has 0 saturated heterocycles. The fraction of sp³-hybridized carbons (Fsp3) is 0.0714. The van der Waals surface area contributed by atoms with Crippen molar-refractivity contribution in [3.05, 3.63) is 52.0 Å². The minimum absolute atomic E-state index is 0. The number of phenolic OH excluding ortho intramolecular Hbond substituents is 1. The number of halogens is 2. The molecule has 2 N–H and O–H groups in total. The summed E-state index contributed by atoms with van der Waals surface area (Å²) in [6.45, 7) is 0. The zero-order valence-electron chi connectivity index (χ0n) is 11.2. The summed E-state index contributed by atoms with van der Waals surface area (Å²) in [6, 6.07) is 9.60. The van der Waals surface area contributed by atoms with Crippen LogP contribution in [-0.2, 0) is 11.2 Å². The Morgan fingerprint density at radius 2 is 1.71 bits per heavy atom. The van der Waals surface area contributed by atoms with E-state index in [0.29, 0.717) is 21.4 Å². The van der Waals surface area contributed by atoms with E-state index >= 15 is 0 Å². The van der Waals surface area contributed by atoms with E-state index < -0.39 is 12.4 Å². The zero-order chi connectivity index (χ0) is 14.7. The predicted octanol–water partition coefficient (Wildman–Crippen LogP) is -0.261. The molecule has 0 amide bonds. The van der Waals surface area contributed by atoms with Crippen LogP contribution in [0.3, 0.4) is 0 Å². The summed E-state index contributed by atoms with van der Waals surface area (Å²) in [5.41, 5.74) is 1.06. The molecule has 104 valence electrons. The second-order valence-corrected chi connectivity index (χ2v) is 4.89. The van der Waals surface area contributed by atoms with Gasteiger partial charge in [-0.1, -0.05) is 35.3 Å². The third-order valence-corrected chi connectivity index (χ3v) is 3.32. The van der Waals surface area contributed by atoms with Gasteiger partial charge in [-0.15, -0.1) is 0 Å². The van der Waals surface area contributed by atoms with E-state index in [1.54, 1.807) is 30.3 Å². The fourth-order valence-electron chi connectivity index (χ4n) is 1.77. The normalized spacial score (nSPS) is 9.81. The largest absolute Gasteiger partial charge is 1.00 e. The van der Waals surface area contributed by atoms with Gasteiger partial charge in [-0.2, -0.15) is 0 Å². The molecule has 0 aromatic heterocycles. The molecule has 0 saturated carbocycles. The first kappa shape index (κ1) is 18.1. The van der Waals surface area contributed by atoms with Crippen LogP contribution in [-0.4, -0.2) is 11.1 Å². The Morgan fingerprint density at radius 1 is 1.14 bits per heavy atom. The molecule has 0 fully saturated rings. The molecule has 7 heteroatoms. The summed E-state index contributed by atoms with van der Waals surface area (Å²) in [6.07, 6.45) is -0.420. The van der Waals surface area contributed by atoms with Crippen LogP contribution in [0.5, 0.6) is 5.75 Å². The van der Waals surface area contributed by atoms with Gasteiger partial charge in [-0.25, -0.2) is 0 Å². The van der Waals surface area contributed by atoms with Crippen molar-refractivity contribution in [2.75, 3.05) is 5.32 Å². The Balaban J connectivity index is 0.00000220. The van der Waals surface area contributed by atoms with Crippen molar-refractivity contribution in [3.63, 3.8) is 0 Å². The Kier molecular flexibility index (Phi) is 6.84. The first-order chi connectivity index (χ1) is 9.49. The number of hydrogen-bond donors (Lipinski definition) is 2. The topological polar surface area (TPSA) is 72.4 Å².